The van der Waals surface area contributed by atoms with Crippen molar-refractivity contribution in [1.82, 2.24) is 19.9 Å². The van der Waals surface area contributed by atoms with Crippen molar-refractivity contribution in [2.45, 2.75) is 26.6 Å². The van der Waals surface area contributed by atoms with Crippen molar-refractivity contribution in [3.05, 3.63) is 89.3 Å². The van der Waals surface area contributed by atoms with Crippen LogP contribution in [0.15, 0.2) is 66.2 Å². The van der Waals surface area contributed by atoms with Crippen molar-refractivity contribution in [2.24, 2.45) is 4.99 Å². The largest absolute Gasteiger partial charge is 0.416 e. The number of aromatic nitrogens is 3. The van der Waals surface area contributed by atoms with Crippen LogP contribution in [0.1, 0.15) is 28.1 Å². The van der Waals surface area contributed by atoms with Gasteiger partial charge in [-0.2, -0.15) is 13.2 Å². The Morgan fingerprint density at radius 1 is 1.20 bits per heavy atom. The Labute approximate surface area is 236 Å². The minimum Gasteiger partial charge on any atom is -0.383 e. The van der Waals surface area contributed by atoms with Gasteiger partial charge in [0.05, 0.1) is 35.7 Å². The van der Waals surface area contributed by atoms with Crippen LogP contribution in [0, 0.1) is 25.7 Å². The van der Waals surface area contributed by atoms with Crippen LogP contribution in [0.2, 0.25) is 0 Å². The molecule has 214 valence electrons. The van der Waals surface area contributed by atoms with Crippen LogP contribution in [0.3, 0.4) is 0 Å². The number of aliphatic imine (C=N–C) groups is 1. The van der Waals surface area contributed by atoms with Gasteiger partial charge in [-0.05, 0) is 31.5 Å². The second kappa shape index (κ2) is 14.7. The molecule has 0 bridgehead atoms. The number of carbonyl (C=O) groups excluding carboxylic acids is 1. The van der Waals surface area contributed by atoms with E-state index in [1.165, 1.54) is 43.1 Å². The van der Waals surface area contributed by atoms with Crippen LogP contribution in [-0.4, -0.2) is 58.3 Å². The number of nitrogens with one attached hydrogen (secondary N) is 1. The van der Waals surface area contributed by atoms with E-state index in [-0.39, 0.29) is 23.6 Å². The van der Waals surface area contributed by atoms with Gasteiger partial charge in [-0.1, -0.05) is 24.5 Å². The van der Waals surface area contributed by atoms with Crippen molar-refractivity contribution in [2.75, 3.05) is 37.4 Å². The molecule has 1 aromatic heterocycles. The Morgan fingerprint density at radius 3 is 2.63 bits per heavy atom. The molecule has 0 aliphatic carbocycles. The predicted molar refractivity (Wildman–Crippen MR) is 151 cm³/mol. The Kier molecular flexibility index (Phi) is 11.1. The molecule has 1 saturated heterocycles. The van der Waals surface area contributed by atoms with Crippen molar-refractivity contribution < 1.29 is 22.7 Å². The highest BCUT2D eigenvalue weighted by Crippen LogP contribution is 2.34. The molecule has 1 aliphatic heterocycles. The number of nitrogen functional groups attached to an aromatic ring is 1. The van der Waals surface area contributed by atoms with Crippen LogP contribution < -0.4 is 11.1 Å². The van der Waals surface area contributed by atoms with Gasteiger partial charge in [0.1, 0.15) is 5.82 Å². The topological polar surface area (TPSA) is 119 Å². The molecule has 0 unspecified atom stereocenters. The normalized spacial score (nSPS) is 13.9. The monoisotopic (exact) mass is 565 g/mol. The Balaban J connectivity index is 1.64. The van der Waals surface area contributed by atoms with Gasteiger partial charge >= 0.3 is 6.18 Å². The van der Waals surface area contributed by atoms with Gasteiger partial charge in [0.25, 0.3) is 0 Å². The second-order valence-corrected chi connectivity index (χ2v) is 8.90. The van der Waals surface area contributed by atoms with Crippen molar-refractivity contribution in [1.29, 1.82) is 0 Å². The van der Waals surface area contributed by atoms with Crippen molar-refractivity contribution in [3.8, 4) is 11.8 Å². The van der Waals surface area contributed by atoms with Crippen molar-refractivity contribution in [3.63, 3.8) is 0 Å². The van der Waals surface area contributed by atoms with Crippen LogP contribution >= 0.6 is 0 Å². The number of halogens is 3. The molecule has 1 aliphatic rings. The summed E-state index contributed by atoms with van der Waals surface area (Å²) in [6.07, 6.45) is 3.43. The van der Waals surface area contributed by atoms with Crippen LogP contribution in [-0.2, 0) is 22.3 Å². The first-order chi connectivity index (χ1) is 19.5. The highest BCUT2D eigenvalue weighted by Gasteiger charge is 2.34. The zero-order valence-corrected chi connectivity index (χ0v) is 22.7. The van der Waals surface area contributed by atoms with Gasteiger partial charge in [-0.25, -0.2) is 4.98 Å². The summed E-state index contributed by atoms with van der Waals surface area (Å²) in [7, 11) is 0. The number of aryl methyl sites for hydroxylation is 2. The molecule has 1 fully saturated rings. The van der Waals surface area contributed by atoms with Crippen LogP contribution in [0.5, 0.6) is 0 Å². The Hall–Kier alpha value is -4.60. The molecular weight excluding hydrogens is 535 g/mol. The van der Waals surface area contributed by atoms with Crippen molar-refractivity contribution >= 4 is 23.6 Å². The van der Waals surface area contributed by atoms with Gasteiger partial charge in [0, 0.05) is 68.0 Å². The molecule has 41 heavy (non-hydrogen) atoms. The summed E-state index contributed by atoms with van der Waals surface area (Å²) in [5.41, 5.74) is 7.39. The molecule has 0 saturated carbocycles. The second-order valence-electron chi connectivity index (χ2n) is 8.90. The molecule has 3 rings (SSSR count). The summed E-state index contributed by atoms with van der Waals surface area (Å²) in [6, 6.07) is 3.75. The fourth-order valence-corrected chi connectivity index (χ4v) is 3.50. The smallest absolute Gasteiger partial charge is 0.383 e. The summed E-state index contributed by atoms with van der Waals surface area (Å²) in [4.78, 5) is 30.6. The average molecular weight is 566 g/mol. The van der Waals surface area contributed by atoms with Gasteiger partial charge < -0.3 is 15.8 Å². The Bertz CT molecular complexity index is 1450. The first kappa shape index (κ1) is 30.9. The van der Waals surface area contributed by atoms with E-state index in [0.717, 1.165) is 17.8 Å². The summed E-state index contributed by atoms with van der Waals surface area (Å²) in [5, 5.41) is 2.43. The van der Waals surface area contributed by atoms with E-state index in [9.17, 15) is 18.0 Å². The van der Waals surface area contributed by atoms with E-state index in [0.29, 0.717) is 43.1 Å². The lowest BCUT2D eigenvalue weighted by Gasteiger charge is -2.27. The molecule has 0 spiro atoms. The highest BCUT2D eigenvalue weighted by molar-refractivity contribution is 5.99. The fourth-order valence-electron chi connectivity index (χ4n) is 3.50. The number of alkyl halides is 3. The molecule has 3 N–H and O–H groups in total. The summed E-state index contributed by atoms with van der Waals surface area (Å²) in [5.74, 6) is 5.10. The third-order valence-electron chi connectivity index (χ3n) is 5.82. The molecule has 9 nitrogen and oxygen atoms in total. The fraction of sp³-hybridized carbons (Fsp3) is 0.276. The van der Waals surface area contributed by atoms with Crippen LogP contribution in [0.25, 0.3) is 0 Å². The number of rotatable bonds is 6. The average Bonchev–Trinajstić information content (AvgIpc) is 2.93. The Morgan fingerprint density at radius 2 is 1.90 bits per heavy atom. The maximum atomic E-state index is 13.7. The molecule has 0 radical (unpaired) electrons. The van der Waals surface area contributed by atoms with E-state index < -0.39 is 17.6 Å². The molecule has 2 aromatic rings. The molecule has 12 heteroatoms. The first-order valence-corrected chi connectivity index (χ1v) is 12.5. The van der Waals surface area contributed by atoms with Gasteiger partial charge in [-0.15, -0.1) is 0 Å². The number of ether oxygens (including phenoxy) is 1. The SMILES string of the molecule is C=C(C#Cc1cnc(C)c(C)nccnc1N)C=N/C=C/C(=O)Nc1ccc(CN2CCOCC2)c(C(F)(F)F)c1. The third kappa shape index (κ3) is 10.1. The lowest BCUT2D eigenvalue weighted by Crippen LogP contribution is -2.36. The first-order valence-electron chi connectivity index (χ1n) is 12.5. The zero-order chi connectivity index (χ0) is 29.8. The minimum absolute atomic E-state index is 0.0180. The number of nitrogens with two attached hydrogens (primary N) is 1. The standard InChI is InChI=1S/C29H30F3N7O2/c1-20(4-5-23-18-37-22(3)21(2)35-10-11-36-28(23)33)17-34-9-8-27(40)38-25-7-6-24(26(16-25)29(30,31)32)19-39-12-14-41-15-13-39/h6-11,16-18H,1,12-15,19H2,2-3H3,(H2,33,36)(H,38,40)/b9-8+,34-17?. The summed E-state index contributed by atoms with van der Waals surface area (Å²) in [6.45, 7) is 9.61. The minimum atomic E-state index is -4.57. The van der Waals surface area contributed by atoms with Gasteiger partial charge in [0.2, 0.25) is 5.91 Å². The lowest BCUT2D eigenvalue weighted by molar-refractivity contribution is -0.138. The molecule has 2 heterocycles. The quantitative estimate of drug-likeness (QED) is 0.307. The number of hydrogen-bond acceptors (Lipinski definition) is 8. The zero-order valence-electron chi connectivity index (χ0n) is 22.7. The number of anilines is 2. The van der Waals surface area contributed by atoms with E-state index in [4.69, 9.17) is 10.5 Å². The number of allylic oxidation sites excluding steroid dienone is 1. The molecule has 1 aromatic carbocycles. The number of morpholine rings is 1. The number of nitrogens with zero attached hydrogens (tertiary/aromatic N) is 5. The third-order valence-corrected chi connectivity index (χ3v) is 5.82. The summed E-state index contributed by atoms with van der Waals surface area (Å²) >= 11 is 0. The predicted octanol–water partition coefficient (Wildman–Crippen LogP) is 4.18. The number of amides is 1. The van der Waals surface area contributed by atoms with E-state index in [2.05, 4.69) is 43.7 Å². The van der Waals surface area contributed by atoms with E-state index in [1.807, 2.05) is 11.8 Å². The maximum absolute atomic E-state index is 13.7. The lowest BCUT2D eigenvalue weighted by atomic mass is 10.0. The van der Waals surface area contributed by atoms with E-state index in [1.54, 1.807) is 6.92 Å². The van der Waals surface area contributed by atoms with E-state index >= 15 is 0 Å². The number of carbonyl (C=O) groups is 1. The molecular formula is C29H30F3N7O2. The maximum Gasteiger partial charge on any atom is 0.416 e. The molecule has 0 atom stereocenters. The van der Waals surface area contributed by atoms with Gasteiger partial charge in [0.15, 0.2) is 0 Å². The van der Waals surface area contributed by atoms with Gasteiger partial charge in [-0.3, -0.25) is 24.7 Å². The number of benzene rings is 1. The van der Waals surface area contributed by atoms with Crippen LogP contribution in [0.4, 0.5) is 24.7 Å². The summed E-state index contributed by atoms with van der Waals surface area (Å²) < 4.78 is 46.4. The number of hydrogen-bond donors (Lipinski definition) is 2. The molecule has 1 amide bonds. The highest BCUT2D eigenvalue weighted by atomic mass is 19.4.